The Morgan fingerprint density at radius 1 is 1.03 bits per heavy atom. The van der Waals surface area contributed by atoms with Crippen LogP contribution in [0.15, 0.2) is 67.2 Å². The number of fused-ring (bicyclic) bond motifs is 1. The Hall–Kier alpha value is -4.15. The molecule has 1 aliphatic heterocycles. The number of aromatic nitrogens is 4. The van der Waals surface area contributed by atoms with Crippen LogP contribution < -0.4 is 9.47 Å². The molecule has 198 valence electrons. The molecule has 0 radical (unpaired) electrons. The fraction of sp³-hybridized carbons (Fsp3) is 0.333. The van der Waals surface area contributed by atoms with E-state index in [-0.39, 0.29) is 5.92 Å². The van der Waals surface area contributed by atoms with Crippen molar-refractivity contribution in [1.29, 1.82) is 0 Å². The molecule has 3 unspecified atom stereocenters. The number of likely N-dealkylation sites (tertiary alicyclic amines) is 1. The molecule has 2 aliphatic rings. The van der Waals surface area contributed by atoms with E-state index in [0.717, 1.165) is 16.0 Å². The number of rotatable bonds is 6. The van der Waals surface area contributed by atoms with Gasteiger partial charge in [-0.05, 0) is 31.0 Å². The number of ether oxygens (including phenoxy) is 2. The summed E-state index contributed by atoms with van der Waals surface area (Å²) in [7, 11) is 3.11. The zero-order valence-electron chi connectivity index (χ0n) is 20.8. The van der Waals surface area contributed by atoms with Gasteiger partial charge >= 0.3 is 6.18 Å². The maximum absolute atomic E-state index is 13.4. The van der Waals surface area contributed by atoms with Crippen LogP contribution in [-0.4, -0.2) is 63.8 Å². The minimum absolute atomic E-state index is 0.193. The fourth-order valence-electron chi connectivity index (χ4n) is 5.08. The first-order valence-corrected chi connectivity index (χ1v) is 12.1. The lowest BCUT2D eigenvalue weighted by molar-refractivity contribution is -0.166. The predicted octanol–water partition coefficient (Wildman–Crippen LogP) is 4.86. The van der Waals surface area contributed by atoms with E-state index >= 15 is 0 Å². The SMILES string of the molecule is COc1cnccc1-c1ccc(-c2cn(C3CCC4C=CC=CC4N(CC(F)(F)F)C3=O)nn2)cc1OC. The summed E-state index contributed by atoms with van der Waals surface area (Å²) in [6, 6.07) is 5.76. The van der Waals surface area contributed by atoms with Gasteiger partial charge in [-0.25, -0.2) is 4.68 Å². The van der Waals surface area contributed by atoms with Gasteiger partial charge in [0.05, 0.1) is 32.7 Å². The molecule has 5 rings (SSSR count). The molecule has 1 aromatic carbocycles. The molecule has 3 heterocycles. The normalized spacial score (nSPS) is 21.2. The van der Waals surface area contributed by atoms with Crippen molar-refractivity contribution in [3.8, 4) is 33.9 Å². The summed E-state index contributed by atoms with van der Waals surface area (Å²) < 4.78 is 52.7. The first-order chi connectivity index (χ1) is 18.3. The number of carbonyl (C=O) groups excluding carboxylic acids is 1. The third kappa shape index (κ3) is 5.00. The number of carbonyl (C=O) groups is 1. The summed E-state index contributed by atoms with van der Waals surface area (Å²) >= 11 is 0. The second-order valence-electron chi connectivity index (χ2n) is 9.17. The number of methoxy groups -OCH3 is 2. The zero-order valence-corrected chi connectivity index (χ0v) is 20.8. The highest BCUT2D eigenvalue weighted by Gasteiger charge is 2.43. The molecule has 2 aromatic heterocycles. The molecule has 3 atom stereocenters. The lowest BCUT2D eigenvalue weighted by atomic mass is 9.90. The molecule has 38 heavy (non-hydrogen) atoms. The van der Waals surface area contributed by atoms with Crippen molar-refractivity contribution < 1.29 is 27.4 Å². The minimum atomic E-state index is -4.52. The van der Waals surface area contributed by atoms with E-state index in [9.17, 15) is 18.0 Å². The monoisotopic (exact) mass is 525 g/mol. The van der Waals surface area contributed by atoms with Gasteiger partial charge in [-0.1, -0.05) is 35.6 Å². The molecule has 11 heteroatoms. The number of halogens is 3. The molecule has 0 spiro atoms. The van der Waals surface area contributed by atoms with Gasteiger partial charge in [0.25, 0.3) is 0 Å². The second-order valence-corrected chi connectivity index (χ2v) is 9.17. The van der Waals surface area contributed by atoms with E-state index in [1.54, 1.807) is 51.0 Å². The third-order valence-electron chi connectivity index (χ3n) is 6.89. The topological polar surface area (TPSA) is 82.4 Å². The number of allylic oxidation sites excluding steroid dienone is 2. The summed E-state index contributed by atoms with van der Waals surface area (Å²) in [6.45, 7) is -1.32. The molecular weight excluding hydrogens is 499 g/mol. The Morgan fingerprint density at radius 2 is 1.79 bits per heavy atom. The highest BCUT2D eigenvalue weighted by atomic mass is 19.4. The van der Waals surface area contributed by atoms with Gasteiger partial charge < -0.3 is 14.4 Å². The summed E-state index contributed by atoms with van der Waals surface area (Å²) in [6.07, 6.45) is 8.25. The number of nitrogens with zero attached hydrogens (tertiary/aromatic N) is 5. The van der Waals surface area contributed by atoms with Crippen LogP contribution in [0.3, 0.4) is 0 Å². The van der Waals surface area contributed by atoms with E-state index in [1.165, 1.54) is 4.68 Å². The highest BCUT2D eigenvalue weighted by Crippen LogP contribution is 2.39. The molecule has 1 amide bonds. The lowest BCUT2D eigenvalue weighted by Gasteiger charge is -2.34. The lowest BCUT2D eigenvalue weighted by Crippen LogP contribution is -2.48. The van der Waals surface area contributed by atoms with E-state index in [0.29, 0.717) is 35.6 Å². The van der Waals surface area contributed by atoms with Crippen LogP contribution in [0.25, 0.3) is 22.4 Å². The Balaban J connectivity index is 1.45. The van der Waals surface area contributed by atoms with Gasteiger partial charge in [-0.3, -0.25) is 9.78 Å². The maximum Gasteiger partial charge on any atom is 0.406 e. The smallest absolute Gasteiger partial charge is 0.406 e. The van der Waals surface area contributed by atoms with Crippen LogP contribution in [0, 0.1) is 5.92 Å². The van der Waals surface area contributed by atoms with Crippen LogP contribution in [0.5, 0.6) is 11.5 Å². The van der Waals surface area contributed by atoms with E-state index in [2.05, 4.69) is 15.3 Å². The zero-order chi connectivity index (χ0) is 26.9. The van der Waals surface area contributed by atoms with Crippen molar-refractivity contribution in [3.05, 3.63) is 67.2 Å². The van der Waals surface area contributed by atoms with Crippen LogP contribution >= 0.6 is 0 Å². The number of benzene rings is 1. The fourth-order valence-corrected chi connectivity index (χ4v) is 5.08. The molecule has 1 aliphatic carbocycles. The molecular formula is C27H26F3N5O3. The van der Waals surface area contributed by atoms with Gasteiger partial charge in [-0.2, -0.15) is 13.2 Å². The van der Waals surface area contributed by atoms with E-state index in [1.807, 2.05) is 30.4 Å². The van der Waals surface area contributed by atoms with Gasteiger partial charge in [-0.15, -0.1) is 5.10 Å². The number of amides is 1. The van der Waals surface area contributed by atoms with Gasteiger partial charge in [0.15, 0.2) is 0 Å². The standard InChI is InChI=1S/C27H26F3N5O3/c1-37-24-13-18(7-9-19(24)20-11-12-31-14-25(20)38-2)21-15-35(33-32-21)23-10-8-17-5-3-4-6-22(17)34(26(23)36)16-27(28,29)30/h3-7,9,11-15,17,22-23H,8,10,16H2,1-2H3. The minimum Gasteiger partial charge on any atom is -0.496 e. The van der Waals surface area contributed by atoms with Crippen molar-refractivity contribution in [3.63, 3.8) is 0 Å². The molecule has 0 saturated carbocycles. The van der Waals surface area contributed by atoms with Crippen LogP contribution in [0.4, 0.5) is 13.2 Å². The number of hydrogen-bond acceptors (Lipinski definition) is 6. The number of hydrogen-bond donors (Lipinski definition) is 0. The molecule has 1 saturated heterocycles. The number of alkyl halides is 3. The molecule has 0 N–H and O–H groups in total. The second kappa shape index (κ2) is 10.3. The van der Waals surface area contributed by atoms with Gasteiger partial charge in [0.2, 0.25) is 5.91 Å². The van der Waals surface area contributed by atoms with Gasteiger partial charge in [0.1, 0.15) is 29.8 Å². The maximum atomic E-state index is 13.4. The van der Waals surface area contributed by atoms with E-state index < -0.39 is 30.7 Å². The molecule has 1 fully saturated rings. The Labute approximate surface area is 217 Å². The summed E-state index contributed by atoms with van der Waals surface area (Å²) in [4.78, 5) is 18.4. The summed E-state index contributed by atoms with van der Waals surface area (Å²) in [5.74, 6) is 0.335. The van der Waals surface area contributed by atoms with E-state index in [4.69, 9.17) is 9.47 Å². The average Bonchev–Trinajstić information content (AvgIpc) is 3.36. The summed E-state index contributed by atoms with van der Waals surface area (Å²) in [5, 5.41) is 8.38. The van der Waals surface area contributed by atoms with Crippen LogP contribution in [0.2, 0.25) is 0 Å². The van der Waals surface area contributed by atoms with Crippen molar-refractivity contribution in [2.24, 2.45) is 5.92 Å². The molecule has 8 nitrogen and oxygen atoms in total. The highest BCUT2D eigenvalue weighted by molar-refractivity contribution is 5.82. The first-order valence-electron chi connectivity index (χ1n) is 12.1. The van der Waals surface area contributed by atoms with Gasteiger partial charge in [0, 0.05) is 28.8 Å². The quantitative estimate of drug-likeness (QED) is 0.457. The summed E-state index contributed by atoms with van der Waals surface area (Å²) in [5.41, 5.74) is 2.73. The molecule has 3 aromatic rings. The third-order valence-corrected chi connectivity index (χ3v) is 6.89. The first kappa shape index (κ1) is 25.5. The van der Waals surface area contributed by atoms with Crippen molar-refractivity contribution in [1.82, 2.24) is 24.9 Å². The number of pyridine rings is 1. The van der Waals surface area contributed by atoms with Crippen molar-refractivity contribution >= 4 is 5.91 Å². The molecule has 0 bridgehead atoms. The van der Waals surface area contributed by atoms with Crippen molar-refractivity contribution in [2.45, 2.75) is 31.1 Å². The predicted molar refractivity (Wildman–Crippen MR) is 133 cm³/mol. The Bertz CT molecular complexity index is 1380. The largest absolute Gasteiger partial charge is 0.496 e. The average molecular weight is 526 g/mol. The van der Waals surface area contributed by atoms with Crippen molar-refractivity contribution in [2.75, 3.05) is 20.8 Å². The Morgan fingerprint density at radius 3 is 2.55 bits per heavy atom. The van der Waals surface area contributed by atoms with Crippen LogP contribution in [0.1, 0.15) is 18.9 Å². The van der Waals surface area contributed by atoms with Crippen LogP contribution in [-0.2, 0) is 4.79 Å². The Kier molecular flexibility index (Phi) is 6.92.